The van der Waals surface area contributed by atoms with E-state index in [0.29, 0.717) is 0 Å². The summed E-state index contributed by atoms with van der Waals surface area (Å²) in [6.45, 7) is 3.64. The number of hydrogen-bond acceptors (Lipinski definition) is 4. The van der Waals surface area contributed by atoms with Gasteiger partial charge >= 0.3 is 0 Å². The Morgan fingerprint density at radius 1 is 1.43 bits per heavy atom. The van der Waals surface area contributed by atoms with Gasteiger partial charge in [-0.05, 0) is 6.92 Å². The third-order valence-electron chi connectivity index (χ3n) is 2.34. The van der Waals surface area contributed by atoms with Crippen molar-refractivity contribution in [2.24, 2.45) is 0 Å². The summed E-state index contributed by atoms with van der Waals surface area (Å²) >= 11 is 0. The minimum atomic E-state index is 0.00433. The number of aliphatic hydroxyl groups excluding tert-OH is 1. The van der Waals surface area contributed by atoms with Crippen molar-refractivity contribution >= 4 is 5.95 Å². The molecule has 4 nitrogen and oxygen atoms in total. The van der Waals surface area contributed by atoms with Crippen LogP contribution in [0.1, 0.15) is 11.3 Å². The van der Waals surface area contributed by atoms with Crippen molar-refractivity contribution in [3.05, 3.63) is 29.6 Å². The van der Waals surface area contributed by atoms with Gasteiger partial charge in [0.2, 0.25) is 5.95 Å². The molecule has 2 rings (SSSR count). The zero-order valence-electron chi connectivity index (χ0n) is 8.14. The molecular weight excluding hydrogens is 178 g/mol. The van der Waals surface area contributed by atoms with Gasteiger partial charge in [-0.3, -0.25) is 0 Å². The van der Waals surface area contributed by atoms with Gasteiger partial charge < -0.3 is 10.0 Å². The van der Waals surface area contributed by atoms with Crippen LogP contribution in [0.3, 0.4) is 0 Å². The highest BCUT2D eigenvalue weighted by molar-refractivity contribution is 5.37. The number of rotatable bonds is 2. The van der Waals surface area contributed by atoms with Crippen molar-refractivity contribution in [1.29, 1.82) is 0 Å². The second kappa shape index (κ2) is 3.75. The first-order valence-electron chi connectivity index (χ1n) is 4.64. The van der Waals surface area contributed by atoms with E-state index >= 15 is 0 Å². The molecule has 0 saturated carbocycles. The molecule has 1 aromatic heterocycles. The van der Waals surface area contributed by atoms with Crippen LogP contribution in [0.15, 0.2) is 18.3 Å². The Morgan fingerprint density at radius 2 is 2.14 bits per heavy atom. The van der Waals surface area contributed by atoms with E-state index in [1.807, 2.05) is 6.92 Å². The molecule has 0 aromatic carbocycles. The summed E-state index contributed by atoms with van der Waals surface area (Å²) in [5, 5.41) is 8.97. The van der Waals surface area contributed by atoms with Gasteiger partial charge in [0, 0.05) is 30.5 Å². The topological polar surface area (TPSA) is 49.2 Å². The average molecular weight is 191 g/mol. The summed E-state index contributed by atoms with van der Waals surface area (Å²) in [7, 11) is 0. The second-order valence-corrected chi connectivity index (χ2v) is 3.32. The zero-order chi connectivity index (χ0) is 9.97. The third-order valence-corrected chi connectivity index (χ3v) is 2.34. The fourth-order valence-electron chi connectivity index (χ4n) is 1.43. The molecule has 74 valence electrons. The maximum atomic E-state index is 8.97. The number of anilines is 1. The number of aromatic nitrogens is 2. The molecule has 0 unspecified atom stereocenters. The van der Waals surface area contributed by atoms with Gasteiger partial charge in [0.05, 0.1) is 6.61 Å². The molecule has 2 heterocycles. The van der Waals surface area contributed by atoms with Crippen LogP contribution in [0.25, 0.3) is 0 Å². The summed E-state index contributed by atoms with van der Waals surface area (Å²) in [5.41, 5.74) is 1.64. The molecule has 14 heavy (non-hydrogen) atoms. The van der Waals surface area contributed by atoms with E-state index < -0.39 is 0 Å². The molecule has 1 aliphatic rings. The normalized spacial score (nSPS) is 15.1. The summed E-state index contributed by atoms with van der Waals surface area (Å²) in [6, 6.07) is 0. The van der Waals surface area contributed by atoms with E-state index in [1.54, 1.807) is 6.20 Å². The van der Waals surface area contributed by atoms with E-state index in [9.17, 15) is 0 Å². The molecule has 0 atom stereocenters. The highest BCUT2D eigenvalue weighted by Gasteiger charge is 2.11. The molecule has 1 N–H and O–H groups in total. The lowest BCUT2D eigenvalue weighted by molar-refractivity contribution is 0.280. The second-order valence-electron chi connectivity index (χ2n) is 3.32. The molecular formula is C10H13N3O. The zero-order valence-corrected chi connectivity index (χ0v) is 8.14. The van der Waals surface area contributed by atoms with Crippen LogP contribution in [-0.4, -0.2) is 28.2 Å². The van der Waals surface area contributed by atoms with Crippen LogP contribution >= 0.6 is 0 Å². The summed E-state index contributed by atoms with van der Waals surface area (Å²) in [5.74, 6) is 0.740. The first-order chi connectivity index (χ1) is 6.81. The van der Waals surface area contributed by atoms with Gasteiger partial charge in [0.1, 0.15) is 0 Å². The summed E-state index contributed by atoms with van der Waals surface area (Å²) < 4.78 is 0. The largest absolute Gasteiger partial charge is 0.392 e. The van der Waals surface area contributed by atoms with Gasteiger partial charge in [0.15, 0.2) is 0 Å². The van der Waals surface area contributed by atoms with Crippen molar-refractivity contribution in [2.45, 2.75) is 13.5 Å². The average Bonchev–Trinajstić information content (AvgIpc) is 2.70. The van der Waals surface area contributed by atoms with Crippen LogP contribution in [0, 0.1) is 6.92 Å². The quantitative estimate of drug-likeness (QED) is 0.697. The molecule has 1 aliphatic heterocycles. The van der Waals surface area contributed by atoms with E-state index in [4.69, 9.17) is 5.11 Å². The van der Waals surface area contributed by atoms with E-state index in [1.165, 1.54) is 0 Å². The molecule has 0 spiro atoms. The minimum absolute atomic E-state index is 0.00433. The Hall–Kier alpha value is -1.42. The van der Waals surface area contributed by atoms with Crippen LogP contribution in [-0.2, 0) is 6.61 Å². The van der Waals surface area contributed by atoms with Crippen LogP contribution < -0.4 is 4.90 Å². The highest BCUT2D eigenvalue weighted by atomic mass is 16.3. The standard InChI is InChI=1S/C10H13N3O/c1-8-9(7-14)6-11-10(12-8)13-4-2-3-5-13/h2-3,6,14H,4-5,7H2,1H3. The Labute approximate surface area is 82.9 Å². The van der Waals surface area contributed by atoms with Crippen LogP contribution in [0.2, 0.25) is 0 Å². The van der Waals surface area contributed by atoms with Crippen molar-refractivity contribution < 1.29 is 5.11 Å². The summed E-state index contributed by atoms with van der Waals surface area (Å²) in [4.78, 5) is 10.6. The van der Waals surface area contributed by atoms with Gasteiger partial charge in [-0.25, -0.2) is 9.97 Å². The van der Waals surface area contributed by atoms with E-state index in [-0.39, 0.29) is 6.61 Å². The molecule has 0 amide bonds. The van der Waals surface area contributed by atoms with E-state index in [2.05, 4.69) is 27.0 Å². The number of aryl methyl sites for hydroxylation is 1. The fourth-order valence-corrected chi connectivity index (χ4v) is 1.43. The lowest BCUT2D eigenvalue weighted by atomic mass is 10.2. The van der Waals surface area contributed by atoms with Gasteiger partial charge in [-0.2, -0.15) is 0 Å². The van der Waals surface area contributed by atoms with Crippen molar-refractivity contribution in [3.8, 4) is 0 Å². The first-order valence-corrected chi connectivity index (χ1v) is 4.64. The molecule has 0 radical (unpaired) electrons. The lowest BCUT2D eigenvalue weighted by Gasteiger charge is -2.15. The smallest absolute Gasteiger partial charge is 0.226 e. The fraction of sp³-hybridized carbons (Fsp3) is 0.400. The Balaban J connectivity index is 2.23. The number of hydrogen-bond donors (Lipinski definition) is 1. The SMILES string of the molecule is Cc1nc(N2CC=CC2)ncc1CO. The molecule has 0 aliphatic carbocycles. The molecule has 4 heteroatoms. The Morgan fingerprint density at radius 3 is 2.71 bits per heavy atom. The monoisotopic (exact) mass is 191 g/mol. The lowest BCUT2D eigenvalue weighted by Crippen LogP contribution is -2.21. The number of nitrogens with zero attached hydrogens (tertiary/aromatic N) is 3. The van der Waals surface area contributed by atoms with Gasteiger partial charge in [-0.15, -0.1) is 0 Å². The van der Waals surface area contributed by atoms with Gasteiger partial charge in [0.25, 0.3) is 0 Å². The van der Waals surface area contributed by atoms with Gasteiger partial charge in [-0.1, -0.05) is 12.2 Å². The Kier molecular flexibility index (Phi) is 2.45. The van der Waals surface area contributed by atoms with Crippen LogP contribution in [0.4, 0.5) is 5.95 Å². The number of aliphatic hydroxyl groups is 1. The molecule has 0 saturated heterocycles. The Bertz CT molecular complexity index is 354. The predicted octanol–water partition coefficient (Wildman–Crippen LogP) is 0.654. The summed E-state index contributed by atoms with van der Waals surface area (Å²) in [6.07, 6.45) is 5.88. The highest BCUT2D eigenvalue weighted by Crippen LogP contribution is 2.13. The van der Waals surface area contributed by atoms with E-state index in [0.717, 1.165) is 30.3 Å². The molecule has 1 aromatic rings. The first kappa shape index (κ1) is 9.15. The third kappa shape index (κ3) is 1.61. The van der Waals surface area contributed by atoms with Crippen molar-refractivity contribution in [1.82, 2.24) is 9.97 Å². The molecule has 0 bridgehead atoms. The van der Waals surface area contributed by atoms with Crippen molar-refractivity contribution in [2.75, 3.05) is 18.0 Å². The maximum Gasteiger partial charge on any atom is 0.226 e. The van der Waals surface area contributed by atoms with Crippen molar-refractivity contribution in [3.63, 3.8) is 0 Å². The molecule has 0 fully saturated rings. The van der Waals surface area contributed by atoms with Crippen LogP contribution in [0.5, 0.6) is 0 Å². The minimum Gasteiger partial charge on any atom is -0.392 e. The predicted molar refractivity (Wildman–Crippen MR) is 54.0 cm³/mol. The maximum absolute atomic E-state index is 8.97.